The third-order valence-corrected chi connectivity index (χ3v) is 4.44. The van der Waals surface area contributed by atoms with Crippen molar-refractivity contribution in [1.29, 1.82) is 0 Å². The van der Waals surface area contributed by atoms with Crippen LogP contribution >= 0.6 is 7.82 Å². The Kier molecular flexibility index (Phi) is 4.24. The van der Waals surface area contributed by atoms with Crippen molar-refractivity contribution in [3.05, 3.63) is 32.9 Å². The minimum atomic E-state index is -4.89. The van der Waals surface area contributed by atoms with Crippen LogP contribution in [0.1, 0.15) is 12.6 Å². The summed E-state index contributed by atoms with van der Waals surface area (Å²) < 4.78 is 40.3. The Morgan fingerprint density at radius 1 is 1.42 bits per heavy atom. The number of aliphatic hydroxyl groups is 1. The molecule has 2 fully saturated rings. The maximum absolute atomic E-state index is 13.4. The van der Waals surface area contributed by atoms with Gasteiger partial charge in [0.1, 0.15) is 12.3 Å². The molecule has 0 amide bonds. The van der Waals surface area contributed by atoms with E-state index in [1.165, 1.54) is 0 Å². The van der Waals surface area contributed by atoms with Crippen LogP contribution in [0.3, 0.4) is 0 Å². The average Bonchev–Trinajstić information content (AvgIpc) is 2.79. The molecule has 3 heterocycles. The van der Waals surface area contributed by atoms with Gasteiger partial charge < -0.3 is 24.4 Å². The molecule has 2 aliphatic heterocycles. The number of phosphoric acid groups is 1. The first kappa shape index (κ1) is 17.4. The summed E-state index contributed by atoms with van der Waals surface area (Å²) in [5.41, 5.74) is -3.73. The van der Waals surface area contributed by atoms with Crippen molar-refractivity contribution in [2.24, 2.45) is 0 Å². The van der Waals surface area contributed by atoms with E-state index in [1.807, 2.05) is 0 Å². The molecule has 1 aromatic heterocycles. The standard InChI is InChI=1S/C11H14FN2O9P/c12-5-2-14(10(17)13-9(5)16)7-1-6(15)8(22-7)11(3-21-4-11)23-24(18,19)20/h2,6-8,15H,1,3-4H2,(H,13,16,17)(H2,18,19,20)/t6-,7+,8-/m0/s1. The molecule has 0 aliphatic carbocycles. The Morgan fingerprint density at radius 2 is 2.08 bits per heavy atom. The number of aliphatic hydroxyl groups excluding tert-OH is 1. The zero-order chi connectivity index (χ0) is 17.7. The molecule has 134 valence electrons. The number of H-pyrrole nitrogens is 1. The highest BCUT2D eigenvalue weighted by atomic mass is 31.2. The van der Waals surface area contributed by atoms with Crippen molar-refractivity contribution >= 4 is 7.82 Å². The molecule has 4 N–H and O–H groups in total. The topological polar surface area (TPSA) is 160 Å². The Hall–Kier alpha value is -1.40. The van der Waals surface area contributed by atoms with E-state index in [1.54, 1.807) is 4.98 Å². The minimum absolute atomic E-state index is 0.178. The van der Waals surface area contributed by atoms with E-state index >= 15 is 0 Å². The summed E-state index contributed by atoms with van der Waals surface area (Å²) in [6.45, 7) is -0.469. The summed E-state index contributed by atoms with van der Waals surface area (Å²) in [4.78, 5) is 42.6. The molecule has 0 aromatic carbocycles. The van der Waals surface area contributed by atoms with E-state index in [2.05, 4.69) is 0 Å². The highest BCUT2D eigenvalue weighted by Gasteiger charge is 2.57. The van der Waals surface area contributed by atoms with Crippen molar-refractivity contribution in [3.63, 3.8) is 0 Å². The second-order valence-corrected chi connectivity index (χ2v) is 6.76. The van der Waals surface area contributed by atoms with Gasteiger partial charge in [0, 0.05) is 6.42 Å². The van der Waals surface area contributed by atoms with Crippen LogP contribution in [0.2, 0.25) is 0 Å². The summed E-state index contributed by atoms with van der Waals surface area (Å²) in [5, 5.41) is 10.1. The summed E-state index contributed by atoms with van der Waals surface area (Å²) in [7, 11) is -4.89. The fraction of sp³-hybridized carbons (Fsp3) is 0.636. The lowest BCUT2D eigenvalue weighted by Gasteiger charge is -2.45. The lowest BCUT2D eigenvalue weighted by molar-refractivity contribution is -0.240. The zero-order valence-corrected chi connectivity index (χ0v) is 12.9. The van der Waals surface area contributed by atoms with Gasteiger partial charge in [0.25, 0.3) is 5.56 Å². The monoisotopic (exact) mass is 368 g/mol. The first-order valence-corrected chi connectivity index (χ1v) is 8.33. The lowest BCUT2D eigenvalue weighted by atomic mass is 9.91. The van der Waals surface area contributed by atoms with E-state index in [4.69, 9.17) is 23.8 Å². The number of aromatic amines is 1. The number of phosphoric ester groups is 1. The molecule has 0 radical (unpaired) electrons. The highest BCUT2D eigenvalue weighted by molar-refractivity contribution is 7.46. The van der Waals surface area contributed by atoms with Crippen LogP contribution in [0.4, 0.5) is 4.39 Å². The number of halogens is 1. The van der Waals surface area contributed by atoms with Gasteiger partial charge in [0.2, 0.25) is 5.82 Å². The van der Waals surface area contributed by atoms with Crippen LogP contribution in [0.15, 0.2) is 15.8 Å². The first-order valence-electron chi connectivity index (χ1n) is 6.80. The van der Waals surface area contributed by atoms with Crippen molar-refractivity contribution in [2.75, 3.05) is 13.2 Å². The number of nitrogens with one attached hydrogen (secondary N) is 1. The molecular formula is C11H14FN2O9P. The number of ether oxygens (including phenoxy) is 2. The molecular weight excluding hydrogens is 354 g/mol. The predicted molar refractivity (Wildman–Crippen MR) is 72.5 cm³/mol. The van der Waals surface area contributed by atoms with E-state index in [9.17, 15) is 23.7 Å². The third kappa shape index (κ3) is 3.09. The largest absolute Gasteiger partial charge is 0.470 e. The van der Waals surface area contributed by atoms with E-state index in [0.29, 0.717) is 6.20 Å². The molecule has 0 unspecified atom stereocenters. The Morgan fingerprint density at radius 3 is 2.62 bits per heavy atom. The van der Waals surface area contributed by atoms with Gasteiger partial charge >= 0.3 is 13.5 Å². The fourth-order valence-electron chi connectivity index (χ4n) is 2.78. The second-order valence-electron chi connectivity index (χ2n) is 5.60. The molecule has 2 saturated heterocycles. The molecule has 0 bridgehead atoms. The van der Waals surface area contributed by atoms with Crippen LogP contribution in [0.5, 0.6) is 0 Å². The smallest absolute Gasteiger partial charge is 0.390 e. The number of hydrogen-bond acceptors (Lipinski definition) is 7. The zero-order valence-electron chi connectivity index (χ0n) is 12.0. The molecule has 3 atom stereocenters. The van der Waals surface area contributed by atoms with Crippen molar-refractivity contribution in [2.45, 2.75) is 30.5 Å². The molecule has 0 spiro atoms. The van der Waals surface area contributed by atoms with Gasteiger partial charge in [-0.2, -0.15) is 4.39 Å². The van der Waals surface area contributed by atoms with E-state index in [-0.39, 0.29) is 19.6 Å². The second kappa shape index (κ2) is 5.85. The van der Waals surface area contributed by atoms with Crippen LogP contribution in [0, 0.1) is 5.82 Å². The molecule has 3 rings (SSSR count). The molecule has 1 aromatic rings. The molecule has 13 heteroatoms. The van der Waals surface area contributed by atoms with Crippen LogP contribution < -0.4 is 11.2 Å². The van der Waals surface area contributed by atoms with Gasteiger partial charge in [-0.15, -0.1) is 0 Å². The lowest BCUT2D eigenvalue weighted by Crippen LogP contribution is -2.62. The van der Waals surface area contributed by atoms with Gasteiger partial charge in [-0.3, -0.25) is 18.9 Å². The Bertz CT molecular complexity index is 797. The summed E-state index contributed by atoms with van der Waals surface area (Å²) >= 11 is 0. The normalized spacial score (nSPS) is 29.4. The third-order valence-electron chi connectivity index (χ3n) is 3.84. The van der Waals surface area contributed by atoms with E-state index < -0.39 is 48.9 Å². The molecule has 11 nitrogen and oxygen atoms in total. The maximum Gasteiger partial charge on any atom is 0.470 e. The van der Waals surface area contributed by atoms with Crippen molar-refractivity contribution in [3.8, 4) is 0 Å². The first-order chi connectivity index (χ1) is 11.1. The van der Waals surface area contributed by atoms with E-state index in [0.717, 1.165) is 4.57 Å². The molecule has 2 aliphatic rings. The van der Waals surface area contributed by atoms with Gasteiger partial charge in [0.05, 0.1) is 25.5 Å². The number of nitrogens with zero attached hydrogens (tertiary/aromatic N) is 1. The summed E-state index contributed by atoms with van der Waals surface area (Å²) in [6, 6.07) is 0. The average molecular weight is 368 g/mol. The van der Waals surface area contributed by atoms with Crippen LogP contribution in [-0.2, 0) is 18.6 Å². The van der Waals surface area contributed by atoms with Crippen molar-refractivity contribution < 1.29 is 37.8 Å². The molecule has 0 saturated carbocycles. The maximum atomic E-state index is 13.4. The van der Waals surface area contributed by atoms with Crippen LogP contribution in [0.25, 0.3) is 0 Å². The number of rotatable bonds is 4. The summed E-state index contributed by atoms with van der Waals surface area (Å²) in [6.07, 6.45) is -3.17. The quantitative estimate of drug-likeness (QED) is 0.450. The molecule has 24 heavy (non-hydrogen) atoms. The number of hydrogen-bond donors (Lipinski definition) is 4. The number of aromatic nitrogens is 2. The van der Waals surface area contributed by atoms with Crippen LogP contribution in [-0.4, -0.2) is 55.5 Å². The predicted octanol–water partition coefficient (Wildman–Crippen LogP) is -1.80. The Balaban J connectivity index is 1.87. The van der Waals surface area contributed by atoms with Crippen molar-refractivity contribution in [1.82, 2.24) is 9.55 Å². The SMILES string of the molecule is O=c1[nH]c(=O)n([C@H]2C[C@H](O)[C@@H](C3(OP(=O)(O)O)COC3)O2)cc1F. The summed E-state index contributed by atoms with van der Waals surface area (Å²) in [5.74, 6) is -1.22. The Labute approximate surface area is 132 Å². The highest BCUT2D eigenvalue weighted by Crippen LogP contribution is 2.49. The van der Waals surface area contributed by atoms with Gasteiger partial charge in [-0.1, -0.05) is 0 Å². The minimum Gasteiger partial charge on any atom is -0.390 e. The van der Waals surface area contributed by atoms with Gasteiger partial charge in [0.15, 0.2) is 5.60 Å². The van der Waals surface area contributed by atoms with Gasteiger partial charge in [-0.25, -0.2) is 9.36 Å². The fourth-order valence-corrected chi connectivity index (χ4v) is 3.47. The van der Waals surface area contributed by atoms with Gasteiger partial charge in [-0.05, 0) is 0 Å².